The van der Waals surface area contributed by atoms with Gasteiger partial charge in [0, 0.05) is 13.6 Å². The molecular weight excluding hydrogens is 639 g/mol. The molecule has 0 aliphatic rings. The highest BCUT2D eigenvalue weighted by Gasteiger charge is 2.19. The number of rotatable bonds is 41. The van der Waals surface area contributed by atoms with Gasteiger partial charge in [-0.25, -0.2) is 0 Å². The van der Waals surface area contributed by atoms with Gasteiger partial charge < -0.3 is 15.5 Å². The smallest absolute Gasteiger partial charge is 0.253 e. The second-order valence-corrected chi connectivity index (χ2v) is 16.6. The SMILES string of the molecule is CCCCCCCCC(CC)CCCCCCCN(CCCCCCCC(CCCCCC)CCCCCCC)CCCNc1c(NC)c(=O)c1=O. The average molecular weight is 730 g/mol. The molecule has 2 atom stereocenters. The molecule has 0 aliphatic heterocycles. The minimum absolute atomic E-state index is 0.372. The topological polar surface area (TPSA) is 61.4 Å². The minimum Gasteiger partial charge on any atom is -0.383 e. The summed E-state index contributed by atoms with van der Waals surface area (Å²) in [6.45, 7) is 13.5. The molecule has 0 radical (unpaired) electrons. The molecule has 5 heteroatoms. The zero-order valence-corrected chi connectivity index (χ0v) is 35.9. The summed E-state index contributed by atoms with van der Waals surface area (Å²) in [6.07, 6.45) is 44.5. The van der Waals surface area contributed by atoms with E-state index in [1.165, 1.54) is 212 Å². The zero-order chi connectivity index (χ0) is 37.9. The van der Waals surface area contributed by atoms with Crippen molar-refractivity contribution in [3.63, 3.8) is 0 Å². The van der Waals surface area contributed by atoms with E-state index in [1.807, 2.05) is 0 Å². The fraction of sp³-hybridized carbons (Fsp3) is 0.915. The van der Waals surface area contributed by atoms with Gasteiger partial charge in [-0.1, -0.05) is 214 Å². The lowest BCUT2D eigenvalue weighted by Gasteiger charge is -2.23. The third kappa shape index (κ3) is 24.9. The van der Waals surface area contributed by atoms with E-state index in [2.05, 4.69) is 43.2 Å². The Balaban J connectivity index is 2.37. The number of anilines is 2. The summed E-state index contributed by atoms with van der Waals surface area (Å²) < 4.78 is 0. The van der Waals surface area contributed by atoms with E-state index in [4.69, 9.17) is 0 Å². The van der Waals surface area contributed by atoms with Gasteiger partial charge in [0.2, 0.25) is 0 Å². The number of nitrogens with one attached hydrogen (secondary N) is 2. The Morgan fingerprint density at radius 1 is 0.423 bits per heavy atom. The molecule has 52 heavy (non-hydrogen) atoms. The van der Waals surface area contributed by atoms with Crippen LogP contribution in [0.1, 0.15) is 233 Å². The maximum Gasteiger partial charge on any atom is 0.253 e. The highest BCUT2D eigenvalue weighted by Crippen LogP contribution is 2.25. The number of nitrogens with zero attached hydrogens (tertiary/aromatic N) is 1. The highest BCUT2D eigenvalue weighted by molar-refractivity contribution is 5.73. The summed E-state index contributed by atoms with van der Waals surface area (Å²) in [7, 11) is 1.71. The maximum absolute atomic E-state index is 12.0. The van der Waals surface area contributed by atoms with Crippen molar-refractivity contribution in [2.24, 2.45) is 11.8 Å². The summed E-state index contributed by atoms with van der Waals surface area (Å²) in [6, 6.07) is 0. The predicted molar refractivity (Wildman–Crippen MR) is 233 cm³/mol. The summed E-state index contributed by atoms with van der Waals surface area (Å²) in [5.74, 6) is 1.91. The molecule has 0 bridgehead atoms. The van der Waals surface area contributed by atoms with Crippen LogP contribution in [-0.4, -0.2) is 38.1 Å². The fourth-order valence-corrected chi connectivity index (χ4v) is 8.34. The molecule has 5 nitrogen and oxygen atoms in total. The van der Waals surface area contributed by atoms with Gasteiger partial charge in [-0.05, 0) is 50.7 Å². The van der Waals surface area contributed by atoms with Crippen molar-refractivity contribution >= 4 is 11.4 Å². The van der Waals surface area contributed by atoms with Gasteiger partial charge in [0.15, 0.2) is 0 Å². The van der Waals surface area contributed by atoms with E-state index >= 15 is 0 Å². The first-order valence-electron chi connectivity index (χ1n) is 23.5. The first-order chi connectivity index (χ1) is 25.5. The van der Waals surface area contributed by atoms with Crippen LogP contribution >= 0.6 is 0 Å². The summed E-state index contributed by atoms with van der Waals surface area (Å²) in [4.78, 5) is 26.4. The van der Waals surface area contributed by atoms with Crippen LogP contribution in [0.5, 0.6) is 0 Å². The largest absolute Gasteiger partial charge is 0.383 e. The van der Waals surface area contributed by atoms with Crippen molar-refractivity contribution in [3.8, 4) is 0 Å². The lowest BCUT2D eigenvalue weighted by Crippen LogP contribution is -2.37. The van der Waals surface area contributed by atoms with Gasteiger partial charge in [-0.15, -0.1) is 0 Å². The standard InChI is InChI=1S/C47H91N3O2/c1-6-10-13-16-20-26-33-42(9-4)34-27-21-17-23-30-39-50(41-32-38-49-45-44(48-5)46(51)47(45)52)40-31-24-18-22-29-37-43(35-25-15-12-8-3)36-28-19-14-11-7-2/h42-43,48-49H,6-41H2,1-5H3. The fourth-order valence-electron chi connectivity index (χ4n) is 8.34. The van der Waals surface area contributed by atoms with E-state index in [1.54, 1.807) is 7.05 Å². The van der Waals surface area contributed by atoms with Crippen LogP contribution in [0.25, 0.3) is 0 Å². The summed E-state index contributed by atoms with van der Waals surface area (Å²) in [5.41, 5.74) is 0.170. The van der Waals surface area contributed by atoms with Gasteiger partial charge in [-0.2, -0.15) is 0 Å². The Morgan fingerprint density at radius 2 is 0.769 bits per heavy atom. The first-order valence-corrected chi connectivity index (χ1v) is 23.5. The predicted octanol–water partition coefficient (Wildman–Crippen LogP) is 13.8. The second-order valence-electron chi connectivity index (χ2n) is 16.6. The Morgan fingerprint density at radius 3 is 1.19 bits per heavy atom. The van der Waals surface area contributed by atoms with Gasteiger partial charge in [-0.3, -0.25) is 9.59 Å². The lowest BCUT2D eigenvalue weighted by molar-refractivity contribution is 0.259. The molecular formula is C47H91N3O2. The Labute approximate surface area is 324 Å². The van der Waals surface area contributed by atoms with E-state index in [-0.39, 0.29) is 10.9 Å². The van der Waals surface area contributed by atoms with Crippen LogP contribution in [0, 0.1) is 11.8 Å². The molecule has 2 N–H and O–H groups in total. The summed E-state index contributed by atoms with van der Waals surface area (Å²) in [5, 5.41) is 6.12. The van der Waals surface area contributed by atoms with Crippen molar-refractivity contribution in [1.82, 2.24) is 4.90 Å². The molecule has 0 saturated heterocycles. The Kier molecular flexibility index (Phi) is 33.1. The van der Waals surface area contributed by atoms with Crippen molar-refractivity contribution in [2.75, 3.05) is 43.9 Å². The molecule has 0 aliphatic carbocycles. The van der Waals surface area contributed by atoms with Crippen LogP contribution in [-0.2, 0) is 0 Å². The molecule has 306 valence electrons. The third-order valence-corrected chi connectivity index (χ3v) is 12.0. The molecule has 2 unspecified atom stereocenters. The van der Waals surface area contributed by atoms with Crippen LogP contribution in [0.3, 0.4) is 0 Å². The van der Waals surface area contributed by atoms with E-state index in [0.29, 0.717) is 11.4 Å². The molecule has 1 rings (SSSR count). The van der Waals surface area contributed by atoms with Gasteiger partial charge in [0.1, 0.15) is 11.4 Å². The quantitative estimate of drug-likeness (QED) is 0.0519. The lowest BCUT2D eigenvalue weighted by atomic mass is 9.89. The zero-order valence-electron chi connectivity index (χ0n) is 35.9. The van der Waals surface area contributed by atoms with Gasteiger partial charge in [0.05, 0.1) is 0 Å². The van der Waals surface area contributed by atoms with Gasteiger partial charge >= 0.3 is 0 Å². The van der Waals surface area contributed by atoms with Crippen molar-refractivity contribution in [2.45, 2.75) is 233 Å². The minimum atomic E-state index is -0.389. The summed E-state index contributed by atoms with van der Waals surface area (Å²) >= 11 is 0. The molecule has 0 spiro atoms. The molecule has 0 fully saturated rings. The van der Waals surface area contributed by atoms with Crippen LogP contribution in [0.2, 0.25) is 0 Å². The molecule has 1 aromatic carbocycles. The van der Waals surface area contributed by atoms with E-state index in [9.17, 15) is 9.59 Å². The molecule has 0 saturated carbocycles. The van der Waals surface area contributed by atoms with Crippen molar-refractivity contribution in [3.05, 3.63) is 20.4 Å². The molecule has 1 aromatic rings. The average Bonchev–Trinajstić information content (AvgIpc) is 3.16. The Hall–Kier alpha value is -1.36. The van der Waals surface area contributed by atoms with Crippen LogP contribution in [0.15, 0.2) is 9.59 Å². The van der Waals surface area contributed by atoms with E-state index < -0.39 is 0 Å². The molecule has 0 heterocycles. The van der Waals surface area contributed by atoms with Gasteiger partial charge in [0.25, 0.3) is 10.9 Å². The van der Waals surface area contributed by atoms with Crippen LogP contribution < -0.4 is 21.5 Å². The molecule has 0 aromatic heterocycles. The van der Waals surface area contributed by atoms with Crippen molar-refractivity contribution < 1.29 is 0 Å². The van der Waals surface area contributed by atoms with Crippen LogP contribution in [0.4, 0.5) is 11.4 Å². The highest BCUT2D eigenvalue weighted by atomic mass is 16.2. The number of hydrogen-bond acceptors (Lipinski definition) is 5. The van der Waals surface area contributed by atoms with E-state index in [0.717, 1.165) is 31.3 Å². The Bertz CT molecular complexity index is 970. The monoisotopic (exact) mass is 730 g/mol. The van der Waals surface area contributed by atoms with Crippen molar-refractivity contribution in [1.29, 1.82) is 0 Å². The number of hydrogen-bond donors (Lipinski definition) is 2. The maximum atomic E-state index is 12.0. The normalized spacial score (nSPS) is 13.0. The third-order valence-electron chi connectivity index (χ3n) is 12.0. The first kappa shape index (κ1) is 48.7. The molecule has 0 amide bonds. The number of unbranched alkanes of at least 4 members (excludes halogenated alkanes) is 20. The second kappa shape index (κ2) is 35.3.